The van der Waals surface area contributed by atoms with E-state index in [1.165, 1.54) is 7.11 Å². The van der Waals surface area contributed by atoms with Crippen LogP contribution in [0.1, 0.15) is 52.4 Å². The van der Waals surface area contributed by atoms with E-state index in [0.29, 0.717) is 25.4 Å². The van der Waals surface area contributed by atoms with E-state index in [9.17, 15) is 9.59 Å². The summed E-state index contributed by atoms with van der Waals surface area (Å²) in [4.78, 5) is 25.8. The molecule has 0 spiro atoms. The van der Waals surface area contributed by atoms with Crippen LogP contribution in [0.15, 0.2) is 11.6 Å². The van der Waals surface area contributed by atoms with E-state index in [2.05, 4.69) is 6.92 Å². The van der Waals surface area contributed by atoms with Crippen molar-refractivity contribution in [2.45, 2.75) is 70.7 Å². The van der Waals surface area contributed by atoms with Crippen LogP contribution in [0.25, 0.3) is 0 Å². The Morgan fingerprint density at radius 2 is 1.91 bits per heavy atom. The fraction of sp³-hybridized carbons (Fsp3) is 0.840. The van der Waals surface area contributed by atoms with E-state index >= 15 is 0 Å². The van der Waals surface area contributed by atoms with Crippen LogP contribution in [0.3, 0.4) is 0 Å². The molecule has 0 radical (unpaired) electrons. The van der Waals surface area contributed by atoms with E-state index in [1.54, 1.807) is 20.3 Å². The quantitative estimate of drug-likeness (QED) is 0.573. The van der Waals surface area contributed by atoms with Crippen molar-refractivity contribution >= 4 is 11.9 Å². The zero-order valence-corrected chi connectivity index (χ0v) is 20.3. The number of carbonyl (C=O) groups excluding carboxylic acids is 2. The SMILES string of the molecule is CCO[C@@]12C[C@H]3[C@@H](CC[C@H]4C5(C(=O)OC)CCCC34C(OC)O[C@@H]5OC)[C@@H](C)C1=CC(=O)O2. The molecule has 0 aromatic rings. The van der Waals surface area contributed by atoms with Gasteiger partial charge >= 0.3 is 11.9 Å². The summed E-state index contributed by atoms with van der Waals surface area (Å²) in [5.41, 5.74) is -0.370. The van der Waals surface area contributed by atoms with Crippen molar-refractivity contribution in [3.05, 3.63) is 11.6 Å². The molecule has 3 unspecified atom stereocenters. The van der Waals surface area contributed by atoms with Gasteiger partial charge in [0.05, 0.1) is 7.11 Å². The number of rotatable bonds is 5. The number of fused-ring (bicyclic) bond motifs is 2. The van der Waals surface area contributed by atoms with Gasteiger partial charge < -0.3 is 28.4 Å². The van der Waals surface area contributed by atoms with Crippen molar-refractivity contribution < 1.29 is 38.0 Å². The molecule has 5 aliphatic rings. The summed E-state index contributed by atoms with van der Waals surface area (Å²) in [5.74, 6) is -1.17. The summed E-state index contributed by atoms with van der Waals surface area (Å²) < 4.78 is 35.7. The number of methoxy groups -OCH3 is 3. The molecule has 0 amide bonds. The maximum Gasteiger partial charge on any atom is 0.333 e. The van der Waals surface area contributed by atoms with E-state index in [1.807, 2.05) is 6.92 Å². The molecule has 3 saturated carbocycles. The van der Waals surface area contributed by atoms with Crippen molar-refractivity contribution in [3.8, 4) is 0 Å². The van der Waals surface area contributed by atoms with E-state index < -0.39 is 29.2 Å². The third-order valence-corrected chi connectivity index (χ3v) is 9.54. The Bertz CT molecular complexity index is 855. The smallest absolute Gasteiger partial charge is 0.333 e. The molecule has 0 N–H and O–H groups in total. The predicted octanol–water partition coefficient (Wildman–Crippen LogP) is 3.19. The highest BCUT2D eigenvalue weighted by Crippen LogP contribution is 2.71. The Hall–Kier alpha value is -1.48. The normalized spacial score (nSPS) is 48.2. The highest BCUT2D eigenvalue weighted by atomic mass is 16.8. The first-order chi connectivity index (χ1) is 15.8. The third-order valence-electron chi connectivity index (χ3n) is 9.54. The second kappa shape index (κ2) is 8.04. The van der Waals surface area contributed by atoms with Crippen molar-refractivity contribution in [2.75, 3.05) is 27.9 Å². The predicted molar refractivity (Wildman–Crippen MR) is 115 cm³/mol. The molecule has 0 aromatic heterocycles. The number of carbonyl (C=O) groups is 2. The summed E-state index contributed by atoms with van der Waals surface area (Å²) in [6.45, 7) is 4.54. The van der Waals surface area contributed by atoms with Crippen LogP contribution in [-0.2, 0) is 38.0 Å². The van der Waals surface area contributed by atoms with Crippen LogP contribution in [-0.4, -0.2) is 58.2 Å². The summed E-state index contributed by atoms with van der Waals surface area (Å²) in [5, 5.41) is 0. The molecular formula is C25H36O8. The highest BCUT2D eigenvalue weighted by Gasteiger charge is 2.75. The van der Waals surface area contributed by atoms with E-state index in [-0.39, 0.29) is 29.7 Å². The minimum Gasteiger partial charge on any atom is -0.468 e. The van der Waals surface area contributed by atoms with Gasteiger partial charge in [-0.25, -0.2) is 4.79 Å². The van der Waals surface area contributed by atoms with Crippen molar-refractivity contribution in [2.24, 2.45) is 34.5 Å². The molecule has 2 heterocycles. The maximum atomic E-state index is 13.4. The topological polar surface area (TPSA) is 89.5 Å². The first-order valence-electron chi connectivity index (χ1n) is 12.2. The molecule has 8 nitrogen and oxygen atoms in total. The molecule has 8 heteroatoms. The van der Waals surface area contributed by atoms with Crippen molar-refractivity contribution in [1.29, 1.82) is 0 Å². The monoisotopic (exact) mass is 464 g/mol. The van der Waals surface area contributed by atoms with Crippen LogP contribution < -0.4 is 0 Å². The second-order valence-electron chi connectivity index (χ2n) is 10.4. The first-order valence-corrected chi connectivity index (χ1v) is 12.2. The standard InChI is InChI=1S/C25H36O8/c1-6-31-25-13-17-15(14(2)16(25)12-19(26)33-25)8-9-18-23(17)10-7-11-24(18,20(27)28-3)22(30-5)32-21(23)29-4/h12,14-15,17-18,21-22H,6-11,13H2,1-5H3/t14-,15+,17+,18-,21?,22+,23?,24?,25-/m1/s1. The van der Waals surface area contributed by atoms with Gasteiger partial charge in [0, 0.05) is 44.3 Å². The summed E-state index contributed by atoms with van der Waals surface area (Å²) in [6, 6.07) is 0. The lowest BCUT2D eigenvalue weighted by atomic mass is 9.40. The van der Waals surface area contributed by atoms with Crippen molar-refractivity contribution in [3.63, 3.8) is 0 Å². The zero-order chi connectivity index (χ0) is 23.6. The Labute approximate surface area is 195 Å². The zero-order valence-electron chi connectivity index (χ0n) is 20.3. The van der Waals surface area contributed by atoms with Crippen LogP contribution in [0.5, 0.6) is 0 Å². The second-order valence-corrected chi connectivity index (χ2v) is 10.4. The molecule has 5 rings (SSSR count). The molecule has 2 bridgehead atoms. The lowest BCUT2D eigenvalue weighted by molar-refractivity contribution is -0.398. The van der Waals surface area contributed by atoms with Gasteiger partial charge in [-0.2, -0.15) is 0 Å². The van der Waals surface area contributed by atoms with E-state index in [4.69, 9.17) is 28.4 Å². The van der Waals surface area contributed by atoms with Crippen molar-refractivity contribution in [1.82, 2.24) is 0 Å². The van der Waals surface area contributed by atoms with Crippen LogP contribution in [0.2, 0.25) is 0 Å². The minimum atomic E-state index is -1.05. The summed E-state index contributed by atoms with van der Waals surface area (Å²) in [7, 11) is 4.69. The molecule has 2 aliphatic heterocycles. The van der Waals surface area contributed by atoms with Crippen LogP contribution >= 0.6 is 0 Å². The average Bonchev–Trinajstić information content (AvgIpc) is 3.14. The fourth-order valence-electron chi connectivity index (χ4n) is 8.61. The number of hydrogen-bond donors (Lipinski definition) is 0. The molecule has 1 saturated heterocycles. The Kier molecular flexibility index (Phi) is 5.67. The van der Waals surface area contributed by atoms with Gasteiger partial charge in [-0.1, -0.05) is 13.3 Å². The molecular weight excluding hydrogens is 428 g/mol. The van der Waals surface area contributed by atoms with Gasteiger partial charge in [0.15, 0.2) is 12.6 Å². The van der Waals surface area contributed by atoms with Gasteiger partial charge in [0.25, 0.3) is 0 Å². The number of hydrogen-bond acceptors (Lipinski definition) is 8. The molecule has 184 valence electrons. The fourth-order valence-corrected chi connectivity index (χ4v) is 8.61. The van der Waals surface area contributed by atoms with Gasteiger partial charge in [0.2, 0.25) is 5.79 Å². The highest BCUT2D eigenvalue weighted by molar-refractivity contribution is 5.86. The summed E-state index contributed by atoms with van der Waals surface area (Å²) >= 11 is 0. The number of ether oxygens (including phenoxy) is 6. The Morgan fingerprint density at radius 3 is 2.58 bits per heavy atom. The maximum absolute atomic E-state index is 13.4. The van der Waals surface area contributed by atoms with Crippen LogP contribution in [0.4, 0.5) is 0 Å². The van der Waals surface area contributed by atoms with Crippen LogP contribution in [0, 0.1) is 34.5 Å². The van der Waals surface area contributed by atoms with Gasteiger partial charge in [-0.15, -0.1) is 0 Å². The molecule has 9 atom stereocenters. The lowest BCUT2D eigenvalue weighted by Crippen LogP contribution is -2.72. The lowest BCUT2D eigenvalue weighted by Gasteiger charge is -2.68. The molecule has 4 fully saturated rings. The molecule has 3 aliphatic carbocycles. The Balaban J connectivity index is 1.65. The third kappa shape index (κ3) is 2.84. The van der Waals surface area contributed by atoms with Gasteiger partial charge in [-0.3, -0.25) is 4.79 Å². The average molecular weight is 465 g/mol. The molecule has 33 heavy (non-hydrogen) atoms. The van der Waals surface area contributed by atoms with Gasteiger partial charge in [-0.05, 0) is 56.3 Å². The molecule has 0 aromatic carbocycles. The minimum absolute atomic E-state index is 0.0235. The van der Waals surface area contributed by atoms with Gasteiger partial charge in [0.1, 0.15) is 5.41 Å². The summed E-state index contributed by atoms with van der Waals surface area (Å²) in [6.07, 6.45) is 5.08. The van der Waals surface area contributed by atoms with E-state index in [0.717, 1.165) is 31.3 Å². The largest absolute Gasteiger partial charge is 0.468 e. The number of esters is 2. The first kappa shape index (κ1) is 23.3. The Morgan fingerprint density at radius 1 is 1.15 bits per heavy atom.